The molecule has 1 aromatic heterocycles. The zero-order valence-electron chi connectivity index (χ0n) is 11.9. The minimum absolute atomic E-state index is 0.0682. The molecule has 114 valence electrons. The largest absolute Gasteiger partial charge is 0.477 e. The quantitative estimate of drug-likeness (QED) is 0.657. The van der Waals surface area contributed by atoms with E-state index in [0.717, 1.165) is 19.2 Å². The van der Waals surface area contributed by atoms with Crippen molar-refractivity contribution in [3.8, 4) is 0 Å². The Morgan fingerprint density at radius 3 is 2.50 bits per heavy atom. The second-order valence-corrected chi connectivity index (χ2v) is 6.28. The fourth-order valence-electron chi connectivity index (χ4n) is 1.89. The van der Waals surface area contributed by atoms with Gasteiger partial charge in [0.05, 0.1) is 0 Å². The lowest BCUT2D eigenvalue weighted by molar-refractivity contribution is 0.0691. The average Bonchev–Trinajstić information content (AvgIpc) is 2.85. The number of hydrogen-bond acceptors (Lipinski definition) is 4. The number of likely N-dealkylation sites (N-methyl/N-ethyl adjacent to an activating group) is 1. The molecule has 3 N–H and O–H groups in total. The summed E-state index contributed by atoms with van der Waals surface area (Å²) in [6, 6.07) is 0.845. The summed E-state index contributed by atoms with van der Waals surface area (Å²) in [6.45, 7) is 8.08. The van der Waals surface area contributed by atoms with Crippen LogP contribution in [0.1, 0.15) is 31.3 Å². The summed E-state index contributed by atoms with van der Waals surface area (Å²) in [5.41, 5.74) is -0.151. The van der Waals surface area contributed by atoms with E-state index in [1.54, 1.807) is 6.92 Å². The van der Waals surface area contributed by atoms with Crippen LogP contribution in [0.2, 0.25) is 0 Å². The van der Waals surface area contributed by atoms with Crippen LogP contribution in [0.25, 0.3) is 0 Å². The van der Waals surface area contributed by atoms with Crippen molar-refractivity contribution in [3.05, 3.63) is 18.0 Å². The third-order valence-corrected chi connectivity index (χ3v) is 4.55. The summed E-state index contributed by atoms with van der Waals surface area (Å²) in [6.07, 6.45) is 1.18. The average molecular weight is 303 g/mol. The van der Waals surface area contributed by atoms with E-state index in [9.17, 15) is 13.2 Å². The van der Waals surface area contributed by atoms with Crippen LogP contribution in [0.5, 0.6) is 0 Å². The number of aromatic nitrogens is 1. The van der Waals surface area contributed by atoms with E-state index < -0.39 is 16.0 Å². The molecule has 0 aliphatic carbocycles. The summed E-state index contributed by atoms with van der Waals surface area (Å²) in [4.78, 5) is 15.2. The highest BCUT2D eigenvalue weighted by Gasteiger charge is 2.21. The molecule has 0 saturated heterocycles. The van der Waals surface area contributed by atoms with Crippen molar-refractivity contribution in [1.29, 1.82) is 0 Å². The molecule has 0 saturated carbocycles. The molecular formula is C12H21N3O4S. The lowest BCUT2D eigenvalue weighted by Crippen LogP contribution is -2.41. The number of nitrogens with one attached hydrogen (secondary N) is 2. The highest BCUT2D eigenvalue weighted by atomic mass is 32.2. The molecule has 0 spiro atoms. The van der Waals surface area contributed by atoms with Crippen molar-refractivity contribution in [2.45, 2.75) is 31.7 Å². The molecule has 0 fully saturated rings. The minimum Gasteiger partial charge on any atom is -0.477 e. The van der Waals surface area contributed by atoms with Gasteiger partial charge >= 0.3 is 5.97 Å². The van der Waals surface area contributed by atoms with Gasteiger partial charge in [0.2, 0.25) is 10.0 Å². The molecule has 0 aliphatic rings. The molecule has 0 radical (unpaired) electrons. The third-order valence-electron chi connectivity index (χ3n) is 2.98. The number of carbonyl (C=O) groups is 1. The number of H-pyrrole nitrogens is 1. The summed E-state index contributed by atoms with van der Waals surface area (Å²) in [5, 5.41) is 8.78. The van der Waals surface area contributed by atoms with Crippen LogP contribution in [-0.4, -0.2) is 55.1 Å². The summed E-state index contributed by atoms with van der Waals surface area (Å²) >= 11 is 0. The molecule has 8 heteroatoms. The predicted octanol–water partition coefficient (Wildman–Crippen LogP) is 0.722. The molecule has 1 rings (SSSR count). The number of nitrogens with zero attached hydrogens (tertiary/aromatic N) is 1. The van der Waals surface area contributed by atoms with E-state index in [1.807, 2.05) is 13.8 Å². The summed E-state index contributed by atoms with van der Waals surface area (Å²) < 4.78 is 26.7. The van der Waals surface area contributed by atoms with Crippen molar-refractivity contribution in [3.63, 3.8) is 0 Å². The van der Waals surface area contributed by atoms with Gasteiger partial charge in [-0.3, -0.25) is 0 Å². The standard InChI is InChI=1S/C12H21N3O4S/c1-4-15(5-2)8-9(3)14-20(18,19)10-6-11(12(16)17)13-7-10/h6-7,9,13-14H,4-5,8H2,1-3H3,(H,16,17). The van der Waals surface area contributed by atoms with Crippen LogP contribution < -0.4 is 4.72 Å². The van der Waals surface area contributed by atoms with Crippen LogP contribution in [0.15, 0.2) is 17.2 Å². The Balaban J connectivity index is 2.76. The van der Waals surface area contributed by atoms with Crippen molar-refractivity contribution in [1.82, 2.24) is 14.6 Å². The molecule has 1 atom stereocenters. The van der Waals surface area contributed by atoms with E-state index in [-0.39, 0.29) is 16.6 Å². The van der Waals surface area contributed by atoms with Gasteiger partial charge in [0.25, 0.3) is 0 Å². The van der Waals surface area contributed by atoms with Crippen LogP contribution in [0.4, 0.5) is 0 Å². The van der Waals surface area contributed by atoms with Gasteiger partial charge < -0.3 is 15.0 Å². The number of hydrogen-bond donors (Lipinski definition) is 3. The third kappa shape index (κ3) is 4.32. The van der Waals surface area contributed by atoms with E-state index in [0.29, 0.717) is 6.54 Å². The normalized spacial score (nSPS) is 13.6. The number of carboxylic acid groups (broad SMARTS) is 1. The molecule has 1 unspecified atom stereocenters. The second-order valence-electron chi connectivity index (χ2n) is 4.56. The van der Waals surface area contributed by atoms with Crippen molar-refractivity contribution in [2.24, 2.45) is 0 Å². The number of rotatable bonds is 8. The first kappa shape index (κ1) is 16.7. The van der Waals surface area contributed by atoms with Gasteiger partial charge in [-0.25, -0.2) is 17.9 Å². The lowest BCUT2D eigenvalue weighted by atomic mass is 10.3. The van der Waals surface area contributed by atoms with Crippen LogP contribution in [0, 0.1) is 0 Å². The van der Waals surface area contributed by atoms with E-state index in [2.05, 4.69) is 14.6 Å². The molecule has 0 aliphatic heterocycles. The molecule has 1 heterocycles. The number of carboxylic acids is 1. The minimum atomic E-state index is -3.71. The Labute approximate surface area is 119 Å². The fraction of sp³-hybridized carbons (Fsp3) is 0.583. The van der Waals surface area contributed by atoms with Crippen molar-refractivity contribution < 1.29 is 18.3 Å². The maximum atomic E-state index is 12.1. The van der Waals surface area contributed by atoms with Crippen LogP contribution in [-0.2, 0) is 10.0 Å². The first-order valence-corrected chi connectivity index (χ1v) is 7.94. The number of aromatic amines is 1. The predicted molar refractivity (Wildman–Crippen MR) is 75.3 cm³/mol. The molecule has 7 nitrogen and oxygen atoms in total. The number of sulfonamides is 1. The van der Waals surface area contributed by atoms with Crippen LogP contribution >= 0.6 is 0 Å². The molecule has 0 aromatic carbocycles. The maximum Gasteiger partial charge on any atom is 0.352 e. The first-order valence-electron chi connectivity index (χ1n) is 6.46. The maximum absolute atomic E-state index is 12.1. The smallest absolute Gasteiger partial charge is 0.352 e. The Morgan fingerprint density at radius 2 is 2.05 bits per heavy atom. The Hall–Kier alpha value is -1.38. The second kappa shape index (κ2) is 6.87. The highest BCUT2D eigenvalue weighted by Crippen LogP contribution is 2.11. The molecule has 20 heavy (non-hydrogen) atoms. The Kier molecular flexibility index (Phi) is 5.73. The van der Waals surface area contributed by atoms with E-state index in [1.165, 1.54) is 6.20 Å². The van der Waals surface area contributed by atoms with Crippen molar-refractivity contribution in [2.75, 3.05) is 19.6 Å². The summed E-state index contributed by atoms with van der Waals surface area (Å²) in [7, 11) is -3.71. The lowest BCUT2D eigenvalue weighted by Gasteiger charge is -2.23. The van der Waals surface area contributed by atoms with Gasteiger partial charge in [-0.15, -0.1) is 0 Å². The molecule has 1 aromatic rings. The van der Waals surface area contributed by atoms with E-state index >= 15 is 0 Å². The summed E-state index contributed by atoms with van der Waals surface area (Å²) in [5.74, 6) is -1.19. The van der Waals surface area contributed by atoms with Gasteiger partial charge in [0.1, 0.15) is 10.6 Å². The first-order chi connectivity index (χ1) is 9.30. The SMILES string of the molecule is CCN(CC)CC(C)NS(=O)(=O)c1c[nH]c(C(=O)O)c1. The van der Waals surface area contributed by atoms with Gasteiger partial charge in [-0.1, -0.05) is 13.8 Å². The Morgan fingerprint density at radius 1 is 1.45 bits per heavy atom. The Bertz CT molecular complexity index is 549. The van der Waals surface area contributed by atoms with Crippen molar-refractivity contribution >= 4 is 16.0 Å². The molecule has 0 bridgehead atoms. The molecular weight excluding hydrogens is 282 g/mol. The van der Waals surface area contributed by atoms with Crippen LogP contribution in [0.3, 0.4) is 0 Å². The topological polar surface area (TPSA) is 103 Å². The number of aromatic carboxylic acids is 1. The van der Waals surface area contributed by atoms with E-state index in [4.69, 9.17) is 5.11 Å². The monoisotopic (exact) mass is 303 g/mol. The van der Waals surface area contributed by atoms with Gasteiger partial charge in [-0.2, -0.15) is 0 Å². The molecule has 0 amide bonds. The zero-order chi connectivity index (χ0) is 15.3. The van der Waals surface area contributed by atoms with Gasteiger partial charge in [-0.05, 0) is 26.1 Å². The fourth-order valence-corrected chi connectivity index (χ4v) is 3.12. The zero-order valence-corrected chi connectivity index (χ0v) is 12.7. The highest BCUT2D eigenvalue weighted by molar-refractivity contribution is 7.89. The van der Waals surface area contributed by atoms with Gasteiger partial charge in [0, 0.05) is 18.8 Å². The van der Waals surface area contributed by atoms with Gasteiger partial charge in [0.15, 0.2) is 0 Å².